The standard InChI is InChI=1S/2C10H14O/c2*1-7-3-4-9-8(2)6-11-10(9)5-7/h2*6-7H,3-5H2,1-2H3. The van der Waals surface area contributed by atoms with E-state index in [4.69, 9.17) is 8.83 Å². The summed E-state index contributed by atoms with van der Waals surface area (Å²) in [6.45, 7) is 8.86. The Hall–Kier alpha value is -1.44. The number of hydrogen-bond acceptors (Lipinski definition) is 2. The molecule has 0 radical (unpaired) electrons. The lowest BCUT2D eigenvalue weighted by Crippen LogP contribution is -2.09. The predicted molar refractivity (Wildman–Crippen MR) is 89.3 cm³/mol. The maximum absolute atomic E-state index is 5.46. The average molecular weight is 300 g/mol. The Morgan fingerprint density at radius 1 is 0.773 bits per heavy atom. The maximum atomic E-state index is 5.46. The third kappa shape index (κ3) is 3.16. The first-order valence-corrected chi connectivity index (χ1v) is 8.66. The van der Waals surface area contributed by atoms with Gasteiger partial charge in [-0.2, -0.15) is 0 Å². The van der Waals surface area contributed by atoms with Gasteiger partial charge in [-0.3, -0.25) is 0 Å². The van der Waals surface area contributed by atoms with Gasteiger partial charge in [-0.25, -0.2) is 0 Å². The zero-order valence-electron chi connectivity index (χ0n) is 14.4. The van der Waals surface area contributed by atoms with Gasteiger partial charge in [-0.1, -0.05) is 13.8 Å². The number of fused-ring (bicyclic) bond motifs is 2. The molecule has 0 fully saturated rings. The molecule has 2 heteroatoms. The molecule has 2 nitrogen and oxygen atoms in total. The summed E-state index contributed by atoms with van der Waals surface area (Å²) < 4.78 is 10.9. The second kappa shape index (κ2) is 6.36. The molecule has 0 bridgehead atoms. The van der Waals surface area contributed by atoms with E-state index in [1.807, 2.05) is 12.5 Å². The molecule has 0 aliphatic heterocycles. The van der Waals surface area contributed by atoms with Gasteiger partial charge in [0.05, 0.1) is 12.5 Å². The third-order valence-electron chi connectivity index (χ3n) is 5.22. The molecule has 2 atom stereocenters. The first-order chi connectivity index (χ1) is 10.5. The number of hydrogen-bond donors (Lipinski definition) is 0. The summed E-state index contributed by atoms with van der Waals surface area (Å²) in [6.07, 6.45) is 11.2. The molecular formula is C20H28O2. The minimum absolute atomic E-state index is 0.813. The highest BCUT2D eigenvalue weighted by Gasteiger charge is 2.20. The lowest BCUT2D eigenvalue weighted by atomic mass is 9.88. The van der Waals surface area contributed by atoms with Gasteiger partial charge >= 0.3 is 0 Å². The molecule has 0 amide bonds. The Labute approximate surface area is 133 Å². The molecule has 2 unspecified atom stereocenters. The van der Waals surface area contributed by atoms with Crippen LogP contribution in [0.5, 0.6) is 0 Å². The number of rotatable bonds is 0. The zero-order chi connectivity index (χ0) is 15.7. The van der Waals surface area contributed by atoms with Crippen molar-refractivity contribution in [2.75, 3.05) is 0 Å². The van der Waals surface area contributed by atoms with Crippen molar-refractivity contribution >= 4 is 0 Å². The van der Waals surface area contributed by atoms with Crippen LogP contribution < -0.4 is 0 Å². The van der Waals surface area contributed by atoms with Crippen LogP contribution in [0.25, 0.3) is 0 Å². The van der Waals surface area contributed by atoms with Crippen molar-refractivity contribution in [2.45, 2.75) is 66.2 Å². The SMILES string of the molecule is Cc1coc2c1CCC(C)C2.Cc1coc2c1CCC(C)C2. The van der Waals surface area contributed by atoms with Crippen LogP contribution in [-0.4, -0.2) is 0 Å². The molecule has 0 N–H and O–H groups in total. The maximum Gasteiger partial charge on any atom is 0.107 e. The van der Waals surface area contributed by atoms with E-state index in [-0.39, 0.29) is 0 Å². The van der Waals surface area contributed by atoms with Crippen molar-refractivity contribution in [1.82, 2.24) is 0 Å². The molecular weight excluding hydrogens is 272 g/mol. The second-order valence-electron chi connectivity index (χ2n) is 7.34. The third-order valence-corrected chi connectivity index (χ3v) is 5.22. The Balaban J connectivity index is 0.000000131. The van der Waals surface area contributed by atoms with Crippen molar-refractivity contribution in [1.29, 1.82) is 0 Å². The Morgan fingerprint density at radius 2 is 1.18 bits per heavy atom. The monoisotopic (exact) mass is 300 g/mol. The van der Waals surface area contributed by atoms with Gasteiger partial charge in [0.2, 0.25) is 0 Å². The van der Waals surface area contributed by atoms with E-state index in [0.29, 0.717) is 0 Å². The fourth-order valence-corrected chi connectivity index (χ4v) is 3.68. The quantitative estimate of drug-likeness (QED) is 0.649. The molecule has 0 aromatic carbocycles. The van der Waals surface area contributed by atoms with Crippen LogP contribution >= 0.6 is 0 Å². The van der Waals surface area contributed by atoms with E-state index in [1.165, 1.54) is 59.5 Å². The predicted octanol–water partition coefficient (Wildman–Crippen LogP) is 5.43. The summed E-state index contributed by atoms with van der Waals surface area (Å²) in [5.74, 6) is 4.10. The summed E-state index contributed by atoms with van der Waals surface area (Å²) in [5, 5.41) is 0. The fourth-order valence-electron chi connectivity index (χ4n) is 3.68. The largest absolute Gasteiger partial charge is 0.469 e. The Bertz CT molecular complexity index is 576. The van der Waals surface area contributed by atoms with Crippen LogP contribution in [0.3, 0.4) is 0 Å². The lowest BCUT2D eigenvalue weighted by Gasteiger charge is -2.16. The molecule has 2 aliphatic carbocycles. The van der Waals surface area contributed by atoms with Crippen LogP contribution in [-0.2, 0) is 25.7 Å². The molecule has 0 saturated carbocycles. The molecule has 0 saturated heterocycles. The fraction of sp³-hybridized carbons (Fsp3) is 0.600. The second-order valence-corrected chi connectivity index (χ2v) is 7.34. The minimum atomic E-state index is 0.813. The van der Waals surface area contributed by atoms with E-state index < -0.39 is 0 Å². The minimum Gasteiger partial charge on any atom is -0.469 e. The molecule has 2 aromatic heterocycles. The van der Waals surface area contributed by atoms with Gasteiger partial charge < -0.3 is 8.83 Å². The summed E-state index contributed by atoms with van der Waals surface area (Å²) in [4.78, 5) is 0. The van der Waals surface area contributed by atoms with Crippen LogP contribution in [0, 0.1) is 25.7 Å². The van der Waals surface area contributed by atoms with E-state index in [0.717, 1.165) is 24.7 Å². The molecule has 0 spiro atoms. The molecule has 2 aromatic rings. The first-order valence-electron chi connectivity index (χ1n) is 8.66. The van der Waals surface area contributed by atoms with E-state index in [2.05, 4.69) is 27.7 Å². The highest BCUT2D eigenvalue weighted by molar-refractivity contribution is 5.29. The zero-order valence-corrected chi connectivity index (χ0v) is 14.4. The van der Waals surface area contributed by atoms with Crippen LogP contribution in [0.4, 0.5) is 0 Å². The van der Waals surface area contributed by atoms with Crippen LogP contribution in [0.2, 0.25) is 0 Å². The topological polar surface area (TPSA) is 26.3 Å². The van der Waals surface area contributed by atoms with Crippen molar-refractivity contribution < 1.29 is 8.83 Å². The van der Waals surface area contributed by atoms with Crippen molar-refractivity contribution in [3.63, 3.8) is 0 Å². The van der Waals surface area contributed by atoms with Gasteiger partial charge in [0.25, 0.3) is 0 Å². The summed E-state index contributed by atoms with van der Waals surface area (Å²) in [5.41, 5.74) is 5.63. The Kier molecular flexibility index (Phi) is 4.46. The molecule has 22 heavy (non-hydrogen) atoms. The first kappa shape index (κ1) is 15.5. The molecule has 2 heterocycles. The van der Waals surface area contributed by atoms with Crippen LogP contribution in [0.1, 0.15) is 60.5 Å². The normalized spacial score (nSPS) is 23.3. The smallest absolute Gasteiger partial charge is 0.107 e. The number of aryl methyl sites for hydroxylation is 2. The summed E-state index contributed by atoms with van der Waals surface area (Å²) in [7, 11) is 0. The molecule has 4 rings (SSSR count). The van der Waals surface area contributed by atoms with Gasteiger partial charge in [-0.15, -0.1) is 0 Å². The van der Waals surface area contributed by atoms with E-state index >= 15 is 0 Å². The van der Waals surface area contributed by atoms with Gasteiger partial charge in [0, 0.05) is 12.8 Å². The van der Waals surface area contributed by atoms with Crippen molar-refractivity contribution in [3.05, 3.63) is 46.3 Å². The summed E-state index contributed by atoms with van der Waals surface area (Å²) >= 11 is 0. The lowest BCUT2D eigenvalue weighted by molar-refractivity contribution is 0.413. The van der Waals surface area contributed by atoms with E-state index in [1.54, 1.807) is 0 Å². The van der Waals surface area contributed by atoms with Crippen molar-refractivity contribution in [2.24, 2.45) is 11.8 Å². The van der Waals surface area contributed by atoms with Crippen molar-refractivity contribution in [3.8, 4) is 0 Å². The molecule has 2 aliphatic rings. The average Bonchev–Trinajstić information content (AvgIpc) is 3.03. The highest BCUT2D eigenvalue weighted by Crippen LogP contribution is 2.29. The Morgan fingerprint density at radius 3 is 1.59 bits per heavy atom. The van der Waals surface area contributed by atoms with Gasteiger partial charge in [0.1, 0.15) is 11.5 Å². The van der Waals surface area contributed by atoms with Gasteiger partial charge in [0.15, 0.2) is 0 Å². The van der Waals surface area contributed by atoms with Gasteiger partial charge in [-0.05, 0) is 73.6 Å². The number of furan rings is 2. The van der Waals surface area contributed by atoms with E-state index in [9.17, 15) is 0 Å². The molecule has 120 valence electrons. The highest BCUT2D eigenvalue weighted by atomic mass is 16.3. The summed E-state index contributed by atoms with van der Waals surface area (Å²) in [6, 6.07) is 0. The van der Waals surface area contributed by atoms with Crippen LogP contribution in [0.15, 0.2) is 21.4 Å².